The van der Waals surface area contributed by atoms with E-state index in [4.69, 9.17) is 4.42 Å². The monoisotopic (exact) mass is 465 g/mol. The number of pyridine rings is 1. The third-order valence-corrected chi connectivity index (χ3v) is 6.80. The molecule has 0 saturated carbocycles. The highest BCUT2D eigenvalue weighted by Crippen LogP contribution is 2.41. The smallest absolute Gasteiger partial charge is 0.144 e. The van der Waals surface area contributed by atoms with Gasteiger partial charge in [-0.25, -0.2) is 8.78 Å². The zero-order valence-electron chi connectivity index (χ0n) is 20.2. The second-order valence-electron chi connectivity index (χ2n) is 9.95. The highest BCUT2D eigenvalue weighted by atomic mass is 19.1. The largest absolute Gasteiger partial charge is 0.455 e. The van der Waals surface area contributed by atoms with Crippen LogP contribution in [0.25, 0.3) is 54.7 Å². The lowest BCUT2D eigenvalue weighted by atomic mass is 9.94. The third-order valence-electron chi connectivity index (χ3n) is 6.80. The van der Waals surface area contributed by atoms with Crippen molar-refractivity contribution in [1.29, 1.82) is 0 Å². The number of fused-ring (bicyclic) bond motifs is 6. The number of aromatic nitrogens is 1. The molecule has 0 N–H and O–H groups in total. The first-order chi connectivity index (χ1) is 16.8. The molecular weight excluding hydrogens is 440 g/mol. The molecule has 6 rings (SSSR count). The molecule has 174 valence electrons. The number of rotatable bonds is 3. The predicted octanol–water partition coefficient (Wildman–Crippen LogP) is 9.05. The Bertz CT molecular complexity index is 1800. The van der Waals surface area contributed by atoms with Gasteiger partial charge in [-0.1, -0.05) is 32.0 Å². The molecule has 0 saturated heterocycles. The average Bonchev–Trinajstić information content (AvgIpc) is 3.19. The Labute approximate surface area is 202 Å². The molecule has 0 aliphatic rings. The molecule has 0 amide bonds. The third kappa shape index (κ3) is 3.39. The van der Waals surface area contributed by atoms with E-state index in [2.05, 4.69) is 24.9 Å². The van der Waals surface area contributed by atoms with Crippen LogP contribution >= 0.6 is 0 Å². The topological polar surface area (TPSA) is 26.0 Å². The summed E-state index contributed by atoms with van der Waals surface area (Å²) in [6, 6.07) is 17.0. The van der Waals surface area contributed by atoms with E-state index in [1.165, 1.54) is 0 Å². The molecule has 2 heterocycles. The van der Waals surface area contributed by atoms with Crippen LogP contribution in [-0.2, 0) is 6.42 Å². The quantitative estimate of drug-likeness (QED) is 0.244. The minimum atomic E-state index is -0.280. The number of hydrogen-bond donors (Lipinski definition) is 0. The summed E-state index contributed by atoms with van der Waals surface area (Å²) in [5.74, 6) is -0.0617. The lowest BCUT2D eigenvalue weighted by Gasteiger charge is -2.12. The molecule has 0 atom stereocenters. The summed E-state index contributed by atoms with van der Waals surface area (Å²) >= 11 is 0. The van der Waals surface area contributed by atoms with Gasteiger partial charge in [-0.2, -0.15) is 0 Å². The van der Waals surface area contributed by atoms with Gasteiger partial charge in [0.05, 0.1) is 11.1 Å². The normalized spacial score (nSPS) is 12.1. The summed E-state index contributed by atoms with van der Waals surface area (Å²) in [5.41, 5.74) is 5.05. The predicted molar refractivity (Wildman–Crippen MR) is 140 cm³/mol. The molecule has 0 spiro atoms. The fourth-order valence-electron chi connectivity index (χ4n) is 5.25. The van der Waals surface area contributed by atoms with E-state index < -0.39 is 0 Å². The first-order valence-corrected chi connectivity index (χ1v) is 11.9. The van der Waals surface area contributed by atoms with E-state index in [9.17, 15) is 0 Å². The lowest BCUT2D eigenvalue weighted by molar-refractivity contribution is 0.625. The van der Waals surface area contributed by atoms with Gasteiger partial charge in [0.2, 0.25) is 0 Å². The molecule has 0 aliphatic carbocycles. The summed E-state index contributed by atoms with van der Waals surface area (Å²) in [5, 5.41) is 4.28. The minimum absolute atomic E-state index is 0.275. The fraction of sp³-hybridized carbons (Fsp3) is 0.194. The number of furan rings is 1. The van der Waals surface area contributed by atoms with E-state index in [1.54, 1.807) is 31.3 Å². The second kappa shape index (κ2) is 7.88. The Balaban J connectivity index is 1.67. The Morgan fingerprint density at radius 2 is 1.63 bits per heavy atom. The molecular formula is C31H25F2NO. The van der Waals surface area contributed by atoms with Crippen LogP contribution in [0.4, 0.5) is 8.78 Å². The molecule has 0 unspecified atom stereocenters. The first-order valence-electron chi connectivity index (χ1n) is 11.9. The van der Waals surface area contributed by atoms with Gasteiger partial charge >= 0.3 is 0 Å². The van der Waals surface area contributed by atoms with Crippen molar-refractivity contribution >= 4 is 43.5 Å². The average molecular weight is 466 g/mol. The lowest BCUT2D eigenvalue weighted by Crippen LogP contribution is -1.95. The van der Waals surface area contributed by atoms with Gasteiger partial charge in [-0.05, 0) is 90.0 Å². The van der Waals surface area contributed by atoms with Gasteiger partial charge in [0.25, 0.3) is 0 Å². The maximum absolute atomic E-state index is 15.5. The van der Waals surface area contributed by atoms with E-state index in [1.807, 2.05) is 37.3 Å². The standard InChI is InChI=1S/C31H25F2NO/c1-16(2)11-19-6-7-20-21-9-10-34-30(23(21)15-26(32)22(20)14-19)25-13-17(3)12-24-28-27(35-31(24)25)8-5-18(4)29(28)33/h5-10,12-16H,11H2,1-4H3. The van der Waals surface area contributed by atoms with Crippen LogP contribution in [0.15, 0.2) is 65.2 Å². The molecule has 6 aromatic rings. The highest BCUT2D eigenvalue weighted by molar-refractivity contribution is 6.15. The number of nitrogens with zero attached hydrogens (tertiary/aromatic N) is 1. The van der Waals surface area contributed by atoms with Crippen LogP contribution in [0, 0.1) is 31.4 Å². The van der Waals surface area contributed by atoms with E-state index >= 15 is 8.78 Å². The molecule has 0 bridgehead atoms. The van der Waals surface area contributed by atoms with Gasteiger partial charge in [0.1, 0.15) is 22.8 Å². The van der Waals surface area contributed by atoms with Gasteiger partial charge in [-0.15, -0.1) is 0 Å². The Morgan fingerprint density at radius 3 is 2.43 bits per heavy atom. The summed E-state index contributed by atoms with van der Waals surface area (Å²) in [6.45, 7) is 8.03. The molecule has 35 heavy (non-hydrogen) atoms. The maximum atomic E-state index is 15.5. The molecule has 0 radical (unpaired) electrons. The van der Waals surface area contributed by atoms with Crippen molar-refractivity contribution < 1.29 is 13.2 Å². The SMILES string of the molecule is Cc1cc(-c2nccc3c2cc(F)c2cc(CC(C)C)ccc23)c2oc3ccc(C)c(F)c3c2c1. The molecule has 2 nitrogen and oxygen atoms in total. The first kappa shape index (κ1) is 21.7. The second-order valence-corrected chi connectivity index (χ2v) is 9.95. The van der Waals surface area contributed by atoms with Crippen molar-refractivity contribution in [2.24, 2.45) is 5.92 Å². The highest BCUT2D eigenvalue weighted by Gasteiger charge is 2.20. The number of aryl methyl sites for hydroxylation is 2. The fourth-order valence-corrected chi connectivity index (χ4v) is 5.25. The summed E-state index contributed by atoms with van der Waals surface area (Å²) in [4.78, 5) is 4.66. The van der Waals surface area contributed by atoms with Crippen molar-refractivity contribution in [2.75, 3.05) is 0 Å². The van der Waals surface area contributed by atoms with E-state index in [-0.39, 0.29) is 11.6 Å². The van der Waals surface area contributed by atoms with Crippen LogP contribution in [0.2, 0.25) is 0 Å². The van der Waals surface area contributed by atoms with E-state index in [0.29, 0.717) is 49.9 Å². The summed E-state index contributed by atoms with van der Waals surface area (Å²) in [6.07, 6.45) is 2.65. The van der Waals surface area contributed by atoms with Crippen molar-refractivity contribution in [3.05, 3.63) is 89.1 Å². The van der Waals surface area contributed by atoms with Crippen molar-refractivity contribution in [3.63, 3.8) is 0 Å². The van der Waals surface area contributed by atoms with Gasteiger partial charge in [0, 0.05) is 27.9 Å². The number of halogens is 2. The van der Waals surface area contributed by atoms with Crippen molar-refractivity contribution in [3.8, 4) is 11.3 Å². The zero-order valence-corrected chi connectivity index (χ0v) is 20.2. The zero-order chi connectivity index (χ0) is 24.4. The Morgan fingerprint density at radius 1 is 0.829 bits per heavy atom. The maximum Gasteiger partial charge on any atom is 0.144 e. The summed E-state index contributed by atoms with van der Waals surface area (Å²) < 4.78 is 36.8. The van der Waals surface area contributed by atoms with Crippen LogP contribution in [0.3, 0.4) is 0 Å². The van der Waals surface area contributed by atoms with E-state index in [0.717, 1.165) is 33.9 Å². The van der Waals surface area contributed by atoms with Crippen LogP contribution < -0.4 is 0 Å². The van der Waals surface area contributed by atoms with Crippen LogP contribution in [0.5, 0.6) is 0 Å². The summed E-state index contributed by atoms with van der Waals surface area (Å²) in [7, 11) is 0. The van der Waals surface area contributed by atoms with Crippen molar-refractivity contribution in [2.45, 2.75) is 34.1 Å². The van der Waals surface area contributed by atoms with Gasteiger partial charge in [-0.3, -0.25) is 4.98 Å². The van der Waals surface area contributed by atoms with Crippen molar-refractivity contribution in [1.82, 2.24) is 4.98 Å². The Hall–Kier alpha value is -3.79. The Kier molecular flexibility index (Phi) is 4.89. The van der Waals surface area contributed by atoms with Gasteiger partial charge < -0.3 is 4.42 Å². The van der Waals surface area contributed by atoms with Crippen LogP contribution in [-0.4, -0.2) is 4.98 Å². The molecule has 4 aromatic carbocycles. The molecule has 0 fully saturated rings. The van der Waals surface area contributed by atoms with Gasteiger partial charge in [0.15, 0.2) is 0 Å². The molecule has 0 aliphatic heterocycles. The van der Waals surface area contributed by atoms with Crippen LogP contribution in [0.1, 0.15) is 30.5 Å². The molecule has 2 aromatic heterocycles. The minimum Gasteiger partial charge on any atom is -0.455 e. The molecule has 4 heteroatoms. The number of hydrogen-bond acceptors (Lipinski definition) is 2. The number of benzene rings is 4.